The molecule has 0 N–H and O–H groups in total. The molecule has 1 aliphatic heterocycles. The van der Waals surface area contributed by atoms with E-state index in [0.717, 1.165) is 12.8 Å². The lowest BCUT2D eigenvalue weighted by molar-refractivity contribution is 0.494. The SMILES string of the molecule is c1ccc(CC2(Cc3ccc(-n4c5ccccc5c5ccccc54)cc3)c3c(ccc4ccccc34)Sc3ccc4ccccc4c32)cc1. The number of hydrogen-bond donors (Lipinski definition) is 0. The fourth-order valence-corrected chi connectivity index (χ4v) is 9.90. The highest BCUT2D eigenvalue weighted by molar-refractivity contribution is 7.99. The summed E-state index contributed by atoms with van der Waals surface area (Å²) in [6.45, 7) is 0. The minimum atomic E-state index is -0.298. The third-order valence-electron chi connectivity index (χ3n) is 10.6. The van der Waals surface area contributed by atoms with E-state index in [1.807, 2.05) is 11.8 Å². The van der Waals surface area contributed by atoms with Gasteiger partial charge in [0.2, 0.25) is 0 Å². The minimum absolute atomic E-state index is 0.298. The van der Waals surface area contributed by atoms with E-state index in [-0.39, 0.29) is 5.41 Å². The number of fused-ring (bicyclic) bond motifs is 9. The lowest BCUT2D eigenvalue weighted by atomic mass is 9.64. The van der Waals surface area contributed by atoms with Crippen LogP contribution in [0.15, 0.2) is 186 Å². The Morgan fingerprint density at radius 1 is 0.388 bits per heavy atom. The van der Waals surface area contributed by atoms with E-state index in [1.165, 1.54) is 81.1 Å². The molecule has 1 aliphatic rings. The average Bonchev–Trinajstić information content (AvgIpc) is 3.49. The van der Waals surface area contributed by atoms with Gasteiger partial charge in [-0.2, -0.15) is 0 Å². The summed E-state index contributed by atoms with van der Waals surface area (Å²) in [4.78, 5) is 2.72. The van der Waals surface area contributed by atoms with Crippen LogP contribution in [0.5, 0.6) is 0 Å². The van der Waals surface area contributed by atoms with Crippen molar-refractivity contribution in [3.8, 4) is 5.69 Å². The Morgan fingerprint density at radius 3 is 1.39 bits per heavy atom. The van der Waals surface area contributed by atoms with Gasteiger partial charge in [0, 0.05) is 31.7 Å². The molecule has 0 atom stereocenters. The first-order valence-electron chi connectivity index (χ1n) is 17.1. The van der Waals surface area contributed by atoms with Crippen LogP contribution in [-0.2, 0) is 18.3 Å². The van der Waals surface area contributed by atoms with E-state index < -0.39 is 0 Å². The van der Waals surface area contributed by atoms with E-state index in [9.17, 15) is 0 Å². The summed E-state index contributed by atoms with van der Waals surface area (Å²) in [6.07, 6.45) is 1.79. The molecule has 0 saturated carbocycles. The molecular formula is C47H33NS. The van der Waals surface area contributed by atoms with E-state index in [2.05, 4.69) is 180 Å². The molecule has 8 aromatic carbocycles. The Balaban J connectivity index is 1.22. The van der Waals surface area contributed by atoms with Crippen molar-refractivity contribution in [2.75, 3.05) is 0 Å². The van der Waals surface area contributed by atoms with Crippen LogP contribution in [0.3, 0.4) is 0 Å². The third kappa shape index (κ3) is 4.48. The summed E-state index contributed by atoms with van der Waals surface area (Å²) in [5.41, 5.74) is 8.97. The number of nitrogens with zero attached hydrogens (tertiary/aromatic N) is 1. The maximum Gasteiger partial charge on any atom is 0.0541 e. The number of para-hydroxylation sites is 2. The Hall–Kier alpha value is -5.57. The van der Waals surface area contributed by atoms with Crippen LogP contribution in [-0.4, -0.2) is 4.57 Å². The lowest BCUT2D eigenvalue weighted by Crippen LogP contribution is -2.36. The summed E-state index contributed by atoms with van der Waals surface area (Å²) < 4.78 is 2.41. The van der Waals surface area contributed by atoms with Gasteiger partial charge in [0.25, 0.3) is 0 Å². The topological polar surface area (TPSA) is 4.93 Å². The highest BCUT2D eigenvalue weighted by Gasteiger charge is 2.43. The molecular weight excluding hydrogens is 611 g/mol. The van der Waals surface area contributed by atoms with Crippen molar-refractivity contribution in [1.29, 1.82) is 0 Å². The zero-order valence-electron chi connectivity index (χ0n) is 27.0. The Morgan fingerprint density at radius 2 is 0.837 bits per heavy atom. The highest BCUT2D eigenvalue weighted by Crippen LogP contribution is 2.56. The van der Waals surface area contributed by atoms with E-state index in [1.54, 1.807) is 0 Å². The second-order valence-electron chi connectivity index (χ2n) is 13.4. The quantitative estimate of drug-likeness (QED) is 0.181. The predicted molar refractivity (Wildman–Crippen MR) is 207 cm³/mol. The van der Waals surface area contributed by atoms with Crippen LogP contribution in [0.25, 0.3) is 49.0 Å². The predicted octanol–water partition coefficient (Wildman–Crippen LogP) is 12.3. The number of rotatable bonds is 5. The maximum atomic E-state index is 2.41. The fraction of sp³-hybridized carbons (Fsp3) is 0.0638. The Labute approximate surface area is 290 Å². The van der Waals surface area contributed by atoms with Crippen molar-refractivity contribution in [2.45, 2.75) is 28.0 Å². The number of aromatic nitrogens is 1. The number of hydrogen-bond acceptors (Lipinski definition) is 1. The van der Waals surface area contributed by atoms with Gasteiger partial charge in [0.1, 0.15) is 0 Å². The molecule has 0 saturated heterocycles. The van der Waals surface area contributed by atoms with Crippen molar-refractivity contribution < 1.29 is 0 Å². The summed E-state index contributed by atoms with van der Waals surface area (Å²) in [5, 5.41) is 7.87. The van der Waals surface area contributed by atoms with Crippen LogP contribution in [0.4, 0.5) is 0 Å². The Bertz CT molecular complexity index is 2550. The van der Waals surface area contributed by atoms with E-state index in [4.69, 9.17) is 0 Å². The largest absolute Gasteiger partial charge is 0.309 e. The first-order valence-corrected chi connectivity index (χ1v) is 17.9. The molecule has 1 aromatic heterocycles. The average molecular weight is 644 g/mol. The fourth-order valence-electron chi connectivity index (χ4n) is 8.58. The van der Waals surface area contributed by atoms with Gasteiger partial charge in [-0.15, -0.1) is 0 Å². The zero-order chi connectivity index (χ0) is 32.4. The van der Waals surface area contributed by atoms with Crippen LogP contribution < -0.4 is 0 Å². The van der Waals surface area contributed by atoms with Crippen molar-refractivity contribution in [3.63, 3.8) is 0 Å². The first-order chi connectivity index (χ1) is 24.3. The van der Waals surface area contributed by atoms with Gasteiger partial charge < -0.3 is 4.57 Å². The molecule has 0 fully saturated rings. The van der Waals surface area contributed by atoms with E-state index in [0.29, 0.717) is 0 Å². The van der Waals surface area contributed by atoms with Gasteiger partial charge in [0.05, 0.1) is 11.0 Å². The van der Waals surface area contributed by atoms with Crippen LogP contribution in [0, 0.1) is 0 Å². The molecule has 2 heteroatoms. The van der Waals surface area contributed by atoms with Gasteiger partial charge in [-0.05, 0) is 93.0 Å². The second-order valence-corrected chi connectivity index (χ2v) is 14.5. The molecule has 0 radical (unpaired) electrons. The minimum Gasteiger partial charge on any atom is -0.309 e. The molecule has 0 unspecified atom stereocenters. The highest BCUT2D eigenvalue weighted by atomic mass is 32.2. The molecule has 1 nitrogen and oxygen atoms in total. The van der Waals surface area contributed by atoms with Crippen molar-refractivity contribution in [2.24, 2.45) is 0 Å². The van der Waals surface area contributed by atoms with Crippen molar-refractivity contribution in [3.05, 3.63) is 198 Å². The lowest BCUT2D eigenvalue weighted by Gasteiger charge is -2.43. The van der Waals surface area contributed by atoms with Crippen LogP contribution in [0.2, 0.25) is 0 Å². The Kier molecular flexibility index (Phi) is 6.54. The standard InChI is InChI=1S/C47H33NS/c1-2-12-32(13-3-1)30-47(31-33-22-26-36(27-23-33)48-41-20-10-8-18-39(41)40-19-9-11-21-42(40)48)45-37-16-6-4-14-34(37)24-28-43(45)49-44-29-25-35-15-5-7-17-38(35)46(44)47/h1-29H,30-31H2. The number of benzene rings is 8. The van der Waals surface area contributed by atoms with E-state index >= 15 is 0 Å². The molecule has 49 heavy (non-hydrogen) atoms. The molecule has 0 bridgehead atoms. The molecule has 10 rings (SSSR count). The summed E-state index contributed by atoms with van der Waals surface area (Å²) >= 11 is 1.94. The second kappa shape index (κ2) is 11.3. The summed E-state index contributed by atoms with van der Waals surface area (Å²) in [7, 11) is 0. The molecule has 9 aromatic rings. The zero-order valence-corrected chi connectivity index (χ0v) is 27.8. The van der Waals surface area contributed by atoms with Gasteiger partial charge in [0.15, 0.2) is 0 Å². The monoisotopic (exact) mass is 643 g/mol. The molecule has 0 spiro atoms. The molecule has 2 heterocycles. The smallest absolute Gasteiger partial charge is 0.0541 e. The summed E-state index contributed by atoms with van der Waals surface area (Å²) in [5.74, 6) is 0. The van der Waals surface area contributed by atoms with Gasteiger partial charge in [-0.1, -0.05) is 151 Å². The van der Waals surface area contributed by atoms with Crippen molar-refractivity contribution in [1.82, 2.24) is 4.57 Å². The van der Waals surface area contributed by atoms with Crippen molar-refractivity contribution >= 4 is 55.1 Å². The van der Waals surface area contributed by atoms with Gasteiger partial charge in [-0.25, -0.2) is 0 Å². The maximum absolute atomic E-state index is 2.41. The third-order valence-corrected chi connectivity index (χ3v) is 11.7. The van der Waals surface area contributed by atoms with Gasteiger partial charge in [-0.3, -0.25) is 0 Å². The van der Waals surface area contributed by atoms with Crippen LogP contribution in [0.1, 0.15) is 22.3 Å². The first kappa shape index (κ1) is 28.4. The molecule has 0 aliphatic carbocycles. The van der Waals surface area contributed by atoms with Crippen LogP contribution >= 0.6 is 11.8 Å². The molecule has 0 amide bonds. The molecule has 232 valence electrons. The van der Waals surface area contributed by atoms with Gasteiger partial charge >= 0.3 is 0 Å². The summed E-state index contributed by atoms with van der Waals surface area (Å²) in [6, 6.07) is 65.4. The normalized spacial score (nSPS) is 13.6.